The van der Waals surface area contributed by atoms with E-state index in [4.69, 9.17) is 9.47 Å². The summed E-state index contributed by atoms with van der Waals surface area (Å²) in [6.45, 7) is 6.12. The van der Waals surface area contributed by atoms with Crippen LogP contribution in [0.5, 0.6) is 5.75 Å². The Kier molecular flexibility index (Phi) is 6.63. The summed E-state index contributed by atoms with van der Waals surface area (Å²) in [6, 6.07) is 6.07. The Balaban J connectivity index is 1.85. The number of ether oxygens (including phenoxy) is 2. The molecule has 1 aromatic carbocycles. The van der Waals surface area contributed by atoms with Gasteiger partial charge in [-0.1, -0.05) is 13.8 Å². The number of hydrogen-bond acceptors (Lipinski definition) is 6. The summed E-state index contributed by atoms with van der Waals surface area (Å²) in [4.78, 5) is 24.2. The normalized spacial score (nSPS) is 19.8. The van der Waals surface area contributed by atoms with Crippen molar-refractivity contribution in [3.8, 4) is 5.75 Å². The van der Waals surface area contributed by atoms with Crippen molar-refractivity contribution in [3.63, 3.8) is 0 Å². The van der Waals surface area contributed by atoms with Gasteiger partial charge in [0.15, 0.2) is 15.9 Å². The highest BCUT2D eigenvalue weighted by Crippen LogP contribution is 2.15. The molecule has 1 N–H and O–H groups in total. The zero-order chi connectivity index (χ0) is 19.3. The summed E-state index contributed by atoms with van der Waals surface area (Å²) in [5.41, 5.74) is 0.310. The minimum absolute atomic E-state index is 0.0668. The summed E-state index contributed by atoms with van der Waals surface area (Å²) in [5, 5.41) is 2.61. The minimum atomic E-state index is -3.08. The highest BCUT2D eigenvalue weighted by atomic mass is 32.2. The largest absolute Gasteiger partial charge is 0.493 e. The van der Waals surface area contributed by atoms with Crippen LogP contribution in [0.15, 0.2) is 24.3 Å². The van der Waals surface area contributed by atoms with E-state index in [1.807, 2.05) is 13.8 Å². The molecule has 26 heavy (non-hydrogen) atoms. The molecule has 0 aromatic heterocycles. The third-order valence-electron chi connectivity index (χ3n) is 3.91. The number of sulfone groups is 1. The summed E-state index contributed by atoms with van der Waals surface area (Å²) in [5.74, 6) is -0.0778. The third kappa shape index (κ3) is 6.01. The number of nitrogens with one attached hydrogen (secondary N) is 1. The van der Waals surface area contributed by atoms with Crippen LogP contribution in [0.25, 0.3) is 0 Å². The summed E-state index contributed by atoms with van der Waals surface area (Å²) < 4.78 is 33.5. The number of amides is 1. The van der Waals surface area contributed by atoms with Gasteiger partial charge in [0.1, 0.15) is 5.75 Å². The van der Waals surface area contributed by atoms with Crippen molar-refractivity contribution in [1.29, 1.82) is 0 Å². The number of esters is 1. The fourth-order valence-corrected chi connectivity index (χ4v) is 4.13. The molecule has 1 amide bonds. The molecule has 1 heterocycles. The van der Waals surface area contributed by atoms with Crippen LogP contribution in [-0.2, 0) is 19.4 Å². The van der Waals surface area contributed by atoms with Crippen LogP contribution in [0.4, 0.5) is 0 Å². The van der Waals surface area contributed by atoms with Gasteiger partial charge >= 0.3 is 5.97 Å². The standard InChI is InChI=1S/C18H25NO6S/c1-12(2)10-24-16-6-4-14(5-7-16)18(21)25-13(3)17(20)19-15-8-9-26(22,23)11-15/h4-7,12-13,15H,8-11H2,1-3H3,(H,19,20)/t13-,15-/m0/s1. The van der Waals surface area contributed by atoms with E-state index in [1.54, 1.807) is 24.3 Å². The van der Waals surface area contributed by atoms with E-state index >= 15 is 0 Å². The predicted octanol–water partition coefficient (Wildman–Crippen LogP) is 1.57. The predicted molar refractivity (Wildman–Crippen MR) is 96.9 cm³/mol. The minimum Gasteiger partial charge on any atom is -0.493 e. The van der Waals surface area contributed by atoms with E-state index in [2.05, 4.69) is 5.32 Å². The summed E-state index contributed by atoms with van der Waals surface area (Å²) in [6.07, 6.45) is -0.630. The molecular formula is C18H25NO6S. The molecule has 1 aromatic rings. The highest BCUT2D eigenvalue weighted by molar-refractivity contribution is 7.91. The quantitative estimate of drug-likeness (QED) is 0.718. The second-order valence-corrected chi connectivity index (χ2v) is 9.11. The van der Waals surface area contributed by atoms with Gasteiger partial charge in [-0.2, -0.15) is 0 Å². The first-order chi connectivity index (χ1) is 12.2. The third-order valence-corrected chi connectivity index (χ3v) is 5.67. The molecule has 0 spiro atoms. The van der Waals surface area contributed by atoms with Crippen LogP contribution in [0, 0.1) is 5.92 Å². The molecule has 0 aliphatic carbocycles. The lowest BCUT2D eigenvalue weighted by Crippen LogP contribution is -2.42. The first kappa shape index (κ1) is 20.2. The fraction of sp³-hybridized carbons (Fsp3) is 0.556. The van der Waals surface area contributed by atoms with Crippen molar-refractivity contribution in [2.45, 2.75) is 39.3 Å². The lowest BCUT2D eigenvalue weighted by atomic mass is 10.2. The first-order valence-electron chi connectivity index (χ1n) is 8.61. The molecule has 0 radical (unpaired) electrons. The van der Waals surface area contributed by atoms with Crippen LogP contribution in [0.1, 0.15) is 37.6 Å². The van der Waals surface area contributed by atoms with Gasteiger partial charge in [-0.3, -0.25) is 4.79 Å². The molecule has 1 fully saturated rings. The van der Waals surface area contributed by atoms with Gasteiger partial charge in [0, 0.05) is 6.04 Å². The van der Waals surface area contributed by atoms with E-state index in [0.29, 0.717) is 30.3 Å². The molecule has 2 atom stereocenters. The van der Waals surface area contributed by atoms with Gasteiger partial charge in [0.05, 0.1) is 23.7 Å². The zero-order valence-electron chi connectivity index (χ0n) is 15.2. The van der Waals surface area contributed by atoms with E-state index in [1.165, 1.54) is 6.92 Å². The molecule has 1 saturated heterocycles. The average molecular weight is 383 g/mol. The van der Waals surface area contributed by atoms with Crippen molar-refractivity contribution < 1.29 is 27.5 Å². The van der Waals surface area contributed by atoms with Crippen molar-refractivity contribution in [2.75, 3.05) is 18.1 Å². The Morgan fingerprint density at radius 1 is 1.19 bits per heavy atom. The van der Waals surface area contributed by atoms with Gasteiger partial charge < -0.3 is 14.8 Å². The van der Waals surface area contributed by atoms with Crippen molar-refractivity contribution >= 4 is 21.7 Å². The van der Waals surface area contributed by atoms with Crippen LogP contribution in [0.3, 0.4) is 0 Å². The Labute approximate surface area is 154 Å². The molecule has 1 aliphatic heterocycles. The second kappa shape index (κ2) is 8.53. The maximum atomic E-state index is 12.1. The van der Waals surface area contributed by atoms with Gasteiger partial charge in [0.2, 0.25) is 0 Å². The zero-order valence-corrected chi connectivity index (χ0v) is 16.0. The number of carbonyl (C=O) groups excluding carboxylic acids is 2. The Bertz CT molecular complexity index is 741. The van der Waals surface area contributed by atoms with Crippen molar-refractivity contribution in [3.05, 3.63) is 29.8 Å². The molecule has 1 aliphatic rings. The van der Waals surface area contributed by atoms with E-state index in [0.717, 1.165) is 0 Å². The fourth-order valence-electron chi connectivity index (χ4n) is 2.46. The van der Waals surface area contributed by atoms with Crippen molar-refractivity contribution in [2.24, 2.45) is 5.92 Å². The van der Waals surface area contributed by atoms with Crippen LogP contribution < -0.4 is 10.1 Å². The number of carbonyl (C=O) groups is 2. The van der Waals surface area contributed by atoms with Crippen LogP contribution >= 0.6 is 0 Å². The molecular weight excluding hydrogens is 358 g/mol. The number of hydrogen-bond donors (Lipinski definition) is 1. The molecule has 0 saturated carbocycles. The highest BCUT2D eigenvalue weighted by Gasteiger charge is 2.30. The first-order valence-corrected chi connectivity index (χ1v) is 10.4. The molecule has 8 heteroatoms. The molecule has 144 valence electrons. The summed E-state index contributed by atoms with van der Waals surface area (Å²) >= 11 is 0. The lowest BCUT2D eigenvalue weighted by Gasteiger charge is -2.16. The topological polar surface area (TPSA) is 98.8 Å². The van der Waals surface area contributed by atoms with Gasteiger partial charge in [-0.25, -0.2) is 13.2 Å². The second-order valence-electron chi connectivity index (χ2n) is 6.89. The van der Waals surface area contributed by atoms with E-state index in [-0.39, 0.29) is 11.5 Å². The van der Waals surface area contributed by atoms with Gasteiger partial charge in [-0.15, -0.1) is 0 Å². The van der Waals surface area contributed by atoms with Gasteiger partial charge in [-0.05, 0) is 43.5 Å². The molecule has 2 rings (SSSR count). The van der Waals surface area contributed by atoms with E-state index < -0.39 is 33.9 Å². The maximum Gasteiger partial charge on any atom is 0.338 e. The SMILES string of the molecule is CC(C)COc1ccc(C(=O)O[C@@H](C)C(=O)N[C@H]2CCS(=O)(=O)C2)cc1. The Morgan fingerprint density at radius 3 is 2.38 bits per heavy atom. The molecule has 0 unspecified atom stereocenters. The Hall–Kier alpha value is -2.09. The Morgan fingerprint density at radius 2 is 1.85 bits per heavy atom. The number of rotatable bonds is 7. The van der Waals surface area contributed by atoms with Gasteiger partial charge in [0.25, 0.3) is 5.91 Å². The molecule has 7 nitrogen and oxygen atoms in total. The summed E-state index contributed by atoms with van der Waals surface area (Å²) in [7, 11) is -3.08. The van der Waals surface area contributed by atoms with Crippen LogP contribution in [-0.4, -0.2) is 50.6 Å². The maximum absolute atomic E-state index is 12.1. The smallest absolute Gasteiger partial charge is 0.338 e. The monoisotopic (exact) mass is 383 g/mol. The lowest BCUT2D eigenvalue weighted by molar-refractivity contribution is -0.129. The average Bonchev–Trinajstić information content (AvgIpc) is 2.91. The van der Waals surface area contributed by atoms with Crippen molar-refractivity contribution in [1.82, 2.24) is 5.32 Å². The number of benzene rings is 1. The van der Waals surface area contributed by atoms with Crippen LogP contribution in [0.2, 0.25) is 0 Å². The molecule has 0 bridgehead atoms. The van der Waals surface area contributed by atoms with E-state index in [9.17, 15) is 18.0 Å².